The van der Waals surface area contributed by atoms with E-state index in [1.165, 1.54) is 28.6 Å². The summed E-state index contributed by atoms with van der Waals surface area (Å²) in [6, 6.07) is 6.59. The van der Waals surface area contributed by atoms with Crippen LogP contribution in [0.4, 0.5) is 0 Å². The lowest BCUT2D eigenvalue weighted by molar-refractivity contribution is -0.143. The second-order valence-electron chi connectivity index (χ2n) is 6.67. The van der Waals surface area contributed by atoms with Gasteiger partial charge in [-0.15, -0.1) is 16.9 Å². The van der Waals surface area contributed by atoms with Gasteiger partial charge < -0.3 is 26.0 Å². The Bertz CT molecular complexity index is 1030. The number of aliphatic hydroxyl groups is 1. The number of rotatable bonds is 9. The summed E-state index contributed by atoms with van der Waals surface area (Å²) in [6.07, 6.45) is -1.56. The fraction of sp³-hybridized carbons (Fsp3) is 0.333. The third-order valence-electron chi connectivity index (χ3n) is 4.48. The van der Waals surface area contributed by atoms with Crippen LogP contribution < -0.4 is 10.6 Å². The van der Waals surface area contributed by atoms with Crippen molar-refractivity contribution in [2.24, 2.45) is 7.05 Å². The molecule has 3 rings (SSSR count). The number of tetrazole rings is 1. The Labute approximate surface area is 190 Å². The number of carboxylic acid groups (broad SMARTS) is 2. The van der Waals surface area contributed by atoms with Crippen molar-refractivity contribution >= 4 is 41.4 Å². The maximum atomic E-state index is 12.4. The van der Waals surface area contributed by atoms with Crippen LogP contribution in [0.15, 0.2) is 46.8 Å². The average Bonchev–Trinajstić information content (AvgIpc) is 3.20. The van der Waals surface area contributed by atoms with Crippen LogP contribution in [0.3, 0.4) is 0 Å². The van der Waals surface area contributed by atoms with Crippen molar-refractivity contribution in [2.75, 3.05) is 11.5 Å². The molecule has 0 bridgehead atoms. The minimum Gasteiger partial charge on any atom is -0.480 e. The van der Waals surface area contributed by atoms with E-state index in [1.807, 2.05) is 0 Å². The van der Waals surface area contributed by atoms with Crippen LogP contribution >= 0.6 is 23.5 Å². The number of hydrogen-bond acceptors (Lipinski definition) is 10. The SMILES string of the molecule is Cn1nnnc1SCC1=C(C(=O)O)N[C@@H]([C@H](NC(=O)[C@H](O)c2ccccc2)C(=O)O)SC1. The predicted octanol–water partition coefficient (Wildman–Crippen LogP) is -0.394. The number of aliphatic hydroxyl groups excluding tert-OH is 1. The highest BCUT2D eigenvalue weighted by atomic mass is 32.2. The highest BCUT2D eigenvalue weighted by molar-refractivity contribution is 8.00. The summed E-state index contributed by atoms with van der Waals surface area (Å²) in [5.74, 6) is -3.01. The Hall–Kier alpha value is -3.10. The molecule has 1 aromatic heterocycles. The monoisotopic (exact) mass is 480 g/mol. The number of benzene rings is 1. The molecule has 12 nitrogen and oxygen atoms in total. The Kier molecular flexibility index (Phi) is 7.71. The minimum atomic E-state index is -1.56. The number of aromatic nitrogens is 4. The fourth-order valence-electron chi connectivity index (χ4n) is 2.84. The van der Waals surface area contributed by atoms with Crippen LogP contribution in [0, 0.1) is 0 Å². The van der Waals surface area contributed by atoms with Crippen LogP contribution in [0.5, 0.6) is 0 Å². The van der Waals surface area contributed by atoms with Crippen molar-refractivity contribution in [3.63, 3.8) is 0 Å². The molecular formula is C18H20N6O6S2. The molecule has 3 atom stereocenters. The maximum absolute atomic E-state index is 12.4. The van der Waals surface area contributed by atoms with E-state index in [1.54, 1.807) is 25.2 Å². The summed E-state index contributed by atoms with van der Waals surface area (Å²) in [6.45, 7) is 0. The van der Waals surface area contributed by atoms with Crippen LogP contribution in [0.1, 0.15) is 11.7 Å². The maximum Gasteiger partial charge on any atom is 0.352 e. The van der Waals surface area contributed by atoms with Crippen molar-refractivity contribution in [1.29, 1.82) is 0 Å². The molecule has 0 radical (unpaired) electrons. The lowest BCUT2D eigenvalue weighted by Crippen LogP contribution is -2.55. The van der Waals surface area contributed by atoms with Crippen molar-refractivity contribution in [1.82, 2.24) is 30.8 Å². The molecule has 1 aromatic carbocycles. The van der Waals surface area contributed by atoms with Crippen LogP contribution in [-0.4, -0.2) is 76.3 Å². The number of carboxylic acids is 2. The van der Waals surface area contributed by atoms with E-state index in [9.17, 15) is 29.7 Å². The number of carbonyl (C=O) groups excluding carboxylic acids is 1. The second kappa shape index (κ2) is 10.5. The molecular weight excluding hydrogens is 460 g/mol. The second-order valence-corrected chi connectivity index (χ2v) is 8.74. The number of aliphatic carboxylic acids is 2. The van der Waals surface area contributed by atoms with E-state index in [-0.39, 0.29) is 17.2 Å². The molecule has 0 saturated heterocycles. The molecule has 0 saturated carbocycles. The minimum absolute atomic E-state index is 0.138. The van der Waals surface area contributed by atoms with E-state index >= 15 is 0 Å². The lowest BCUT2D eigenvalue weighted by Gasteiger charge is -2.31. The molecule has 0 unspecified atom stereocenters. The van der Waals surface area contributed by atoms with Gasteiger partial charge in [-0.25, -0.2) is 14.3 Å². The Morgan fingerprint density at radius 3 is 2.62 bits per heavy atom. The quantitative estimate of drug-likeness (QED) is 0.294. The molecule has 1 aliphatic heterocycles. The van der Waals surface area contributed by atoms with Gasteiger partial charge in [0.15, 0.2) is 12.1 Å². The zero-order valence-corrected chi connectivity index (χ0v) is 18.3. The number of hydrogen-bond donors (Lipinski definition) is 5. The van der Waals surface area contributed by atoms with Gasteiger partial charge in [0.1, 0.15) is 11.1 Å². The first-order valence-electron chi connectivity index (χ1n) is 9.22. The number of nitrogens with one attached hydrogen (secondary N) is 2. The van der Waals surface area contributed by atoms with Crippen molar-refractivity contribution in [2.45, 2.75) is 22.7 Å². The summed E-state index contributed by atoms with van der Waals surface area (Å²) in [5.41, 5.74) is 0.703. The third-order valence-corrected chi connectivity index (χ3v) is 6.84. The van der Waals surface area contributed by atoms with Gasteiger partial charge in [-0.2, -0.15) is 0 Å². The lowest BCUT2D eigenvalue weighted by atomic mass is 10.1. The first-order valence-corrected chi connectivity index (χ1v) is 11.3. The molecule has 1 aliphatic rings. The number of nitrogens with zero attached hydrogens (tertiary/aromatic N) is 4. The predicted molar refractivity (Wildman–Crippen MR) is 115 cm³/mol. The van der Waals surface area contributed by atoms with Gasteiger partial charge in [-0.1, -0.05) is 42.1 Å². The molecule has 1 amide bonds. The topological polar surface area (TPSA) is 180 Å². The van der Waals surface area contributed by atoms with Crippen molar-refractivity contribution in [3.05, 3.63) is 47.2 Å². The summed E-state index contributed by atoms with van der Waals surface area (Å²) in [5, 5.41) is 45.1. The Morgan fingerprint density at radius 2 is 2.03 bits per heavy atom. The number of aryl methyl sites for hydroxylation is 1. The van der Waals surface area contributed by atoms with E-state index in [0.29, 0.717) is 16.3 Å². The van der Waals surface area contributed by atoms with Crippen molar-refractivity contribution < 1.29 is 29.7 Å². The number of carbonyl (C=O) groups is 3. The normalized spacial score (nSPS) is 17.9. The summed E-state index contributed by atoms with van der Waals surface area (Å²) in [4.78, 5) is 36.0. The van der Waals surface area contributed by atoms with Crippen LogP contribution in [-0.2, 0) is 21.4 Å². The summed E-state index contributed by atoms with van der Waals surface area (Å²) in [7, 11) is 1.66. The molecule has 0 fully saturated rings. The largest absolute Gasteiger partial charge is 0.480 e. The van der Waals surface area contributed by atoms with Gasteiger partial charge in [0, 0.05) is 18.6 Å². The Balaban J connectivity index is 1.72. The summed E-state index contributed by atoms with van der Waals surface area (Å²) < 4.78 is 1.45. The Morgan fingerprint density at radius 1 is 1.31 bits per heavy atom. The first kappa shape index (κ1) is 23.6. The molecule has 5 N–H and O–H groups in total. The number of thioether (sulfide) groups is 2. The van der Waals surface area contributed by atoms with E-state index in [0.717, 1.165) is 11.8 Å². The standard InChI is InChI=1S/C18H20N6O6S2/c1-24-18(21-22-23-24)32-8-10-7-31-15(20-11(10)16(27)28)12(17(29)30)19-14(26)13(25)9-5-3-2-4-6-9/h2-6,12-13,15,20,25H,7-8H2,1H3,(H,19,26)(H,27,28)(H,29,30)/t12-,13+,15+/m0/s1. The zero-order valence-electron chi connectivity index (χ0n) is 16.7. The zero-order chi connectivity index (χ0) is 23.3. The van der Waals surface area contributed by atoms with Gasteiger partial charge in [0.25, 0.3) is 5.91 Å². The van der Waals surface area contributed by atoms with E-state index in [4.69, 9.17) is 0 Å². The number of amides is 1. The van der Waals surface area contributed by atoms with E-state index < -0.39 is 35.4 Å². The van der Waals surface area contributed by atoms with Crippen molar-refractivity contribution in [3.8, 4) is 0 Å². The van der Waals surface area contributed by atoms with Crippen LogP contribution in [0.25, 0.3) is 0 Å². The molecule has 2 heterocycles. The summed E-state index contributed by atoms with van der Waals surface area (Å²) >= 11 is 2.38. The molecule has 170 valence electrons. The molecule has 0 aliphatic carbocycles. The molecule has 32 heavy (non-hydrogen) atoms. The van der Waals surface area contributed by atoms with Gasteiger partial charge in [-0.3, -0.25) is 4.79 Å². The fourth-order valence-corrected chi connectivity index (χ4v) is 5.04. The molecule has 2 aromatic rings. The molecule has 0 spiro atoms. The highest BCUT2D eigenvalue weighted by Crippen LogP contribution is 2.29. The highest BCUT2D eigenvalue weighted by Gasteiger charge is 2.36. The smallest absolute Gasteiger partial charge is 0.352 e. The third kappa shape index (κ3) is 5.57. The molecule has 14 heteroatoms. The van der Waals surface area contributed by atoms with Gasteiger partial charge >= 0.3 is 11.9 Å². The van der Waals surface area contributed by atoms with Crippen LogP contribution in [0.2, 0.25) is 0 Å². The first-order chi connectivity index (χ1) is 15.3. The van der Waals surface area contributed by atoms with E-state index in [2.05, 4.69) is 26.2 Å². The average molecular weight is 481 g/mol. The van der Waals surface area contributed by atoms with Gasteiger partial charge in [-0.05, 0) is 21.6 Å². The van der Waals surface area contributed by atoms with Gasteiger partial charge in [0.05, 0.1) is 0 Å². The van der Waals surface area contributed by atoms with Gasteiger partial charge in [0.2, 0.25) is 5.16 Å².